The fourth-order valence-electron chi connectivity index (χ4n) is 1.55. The predicted molar refractivity (Wildman–Crippen MR) is 65.1 cm³/mol. The molecule has 1 aromatic heterocycles. The van der Waals surface area contributed by atoms with Gasteiger partial charge in [-0.2, -0.15) is 0 Å². The molecule has 0 spiro atoms. The van der Waals surface area contributed by atoms with Crippen molar-refractivity contribution in [2.45, 2.75) is 6.42 Å². The summed E-state index contributed by atoms with van der Waals surface area (Å²) in [6.07, 6.45) is 0.532. The maximum Gasteiger partial charge on any atom is 0.252 e. The lowest BCUT2D eigenvalue weighted by Crippen LogP contribution is -2.12. The lowest BCUT2D eigenvalue weighted by Gasteiger charge is -2.03. The van der Waals surface area contributed by atoms with Crippen molar-refractivity contribution in [3.05, 3.63) is 52.1 Å². The number of ether oxygens (including phenoxy) is 1. The Hall–Kier alpha value is -2.30. The molecule has 0 fully saturated rings. The largest absolute Gasteiger partial charge is 0.497 e. The average Bonchev–Trinajstić information content (AvgIpc) is 2.28. The predicted octanol–water partition coefficient (Wildman–Crippen LogP) is 0.951. The summed E-state index contributed by atoms with van der Waals surface area (Å²) in [4.78, 5) is 17.9. The van der Waals surface area contributed by atoms with Crippen LogP contribution in [0, 0.1) is 0 Å². The Bertz CT molecular complexity index is 561. The molecular formula is C12H13N3O2. The topological polar surface area (TPSA) is 81.0 Å². The van der Waals surface area contributed by atoms with Crippen LogP contribution in [-0.2, 0) is 6.42 Å². The van der Waals surface area contributed by atoms with Crippen molar-refractivity contribution in [1.82, 2.24) is 9.97 Å². The number of nitrogens with one attached hydrogen (secondary N) is 1. The van der Waals surface area contributed by atoms with Gasteiger partial charge in [-0.15, -0.1) is 0 Å². The van der Waals surface area contributed by atoms with Gasteiger partial charge in [-0.05, 0) is 17.7 Å². The summed E-state index contributed by atoms with van der Waals surface area (Å²) >= 11 is 0. The summed E-state index contributed by atoms with van der Waals surface area (Å²) in [6, 6.07) is 8.82. The van der Waals surface area contributed by atoms with E-state index >= 15 is 0 Å². The summed E-state index contributed by atoms with van der Waals surface area (Å²) in [5.41, 5.74) is 6.30. The van der Waals surface area contributed by atoms with Crippen LogP contribution in [0.25, 0.3) is 0 Å². The third-order valence-corrected chi connectivity index (χ3v) is 2.34. The third-order valence-electron chi connectivity index (χ3n) is 2.34. The van der Waals surface area contributed by atoms with E-state index in [0.717, 1.165) is 11.3 Å². The van der Waals surface area contributed by atoms with Crippen molar-refractivity contribution in [1.29, 1.82) is 0 Å². The number of nitrogen functional groups attached to an aromatic ring is 1. The summed E-state index contributed by atoms with van der Waals surface area (Å²) in [5.74, 6) is 1.58. The molecule has 3 N–H and O–H groups in total. The SMILES string of the molecule is COc1ccc(Cc2nc(N)cc(=O)[nH]2)cc1. The van der Waals surface area contributed by atoms with Crippen LogP contribution in [0.1, 0.15) is 11.4 Å². The molecule has 0 radical (unpaired) electrons. The molecular weight excluding hydrogens is 218 g/mol. The fraction of sp³-hybridized carbons (Fsp3) is 0.167. The van der Waals surface area contributed by atoms with E-state index in [0.29, 0.717) is 12.2 Å². The van der Waals surface area contributed by atoms with Gasteiger partial charge in [0.2, 0.25) is 0 Å². The highest BCUT2D eigenvalue weighted by Crippen LogP contribution is 2.13. The molecule has 0 atom stereocenters. The first-order chi connectivity index (χ1) is 8.17. The van der Waals surface area contributed by atoms with Crippen LogP contribution in [0.5, 0.6) is 5.75 Å². The minimum Gasteiger partial charge on any atom is -0.497 e. The standard InChI is InChI=1S/C12H13N3O2/c1-17-9-4-2-8(3-5-9)6-11-14-10(13)7-12(16)15-11/h2-5,7H,6H2,1H3,(H3,13,14,15,16). The van der Waals surface area contributed by atoms with Crippen LogP contribution < -0.4 is 16.0 Å². The van der Waals surface area contributed by atoms with E-state index in [2.05, 4.69) is 9.97 Å². The zero-order chi connectivity index (χ0) is 12.3. The van der Waals surface area contributed by atoms with E-state index in [1.165, 1.54) is 6.07 Å². The molecule has 2 rings (SSSR count). The second kappa shape index (κ2) is 4.69. The number of methoxy groups -OCH3 is 1. The van der Waals surface area contributed by atoms with Crippen molar-refractivity contribution in [2.75, 3.05) is 12.8 Å². The minimum absolute atomic E-state index is 0.234. The second-order valence-corrected chi connectivity index (χ2v) is 3.64. The lowest BCUT2D eigenvalue weighted by molar-refractivity contribution is 0.414. The normalized spacial score (nSPS) is 10.2. The van der Waals surface area contributed by atoms with E-state index in [-0.39, 0.29) is 11.4 Å². The first kappa shape index (κ1) is 11.2. The maximum absolute atomic E-state index is 11.2. The van der Waals surface area contributed by atoms with Gasteiger partial charge in [0.15, 0.2) is 0 Å². The molecule has 5 heteroatoms. The van der Waals surface area contributed by atoms with Crippen molar-refractivity contribution in [3.63, 3.8) is 0 Å². The molecule has 88 valence electrons. The molecule has 1 heterocycles. The molecule has 0 saturated heterocycles. The van der Waals surface area contributed by atoms with Crippen molar-refractivity contribution in [2.24, 2.45) is 0 Å². The number of hydrogen-bond acceptors (Lipinski definition) is 4. The van der Waals surface area contributed by atoms with Crippen LogP contribution in [0.2, 0.25) is 0 Å². The number of anilines is 1. The summed E-state index contributed by atoms with van der Waals surface area (Å²) < 4.78 is 5.06. The number of rotatable bonds is 3. The number of nitrogens with zero attached hydrogens (tertiary/aromatic N) is 1. The van der Waals surface area contributed by atoms with Crippen LogP contribution in [0.3, 0.4) is 0 Å². The van der Waals surface area contributed by atoms with Crippen LogP contribution in [0.4, 0.5) is 5.82 Å². The number of hydrogen-bond donors (Lipinski definition) is 2. The molecule has 0 bridgehead atoms. The summed E-state index contributed by atoms with van der Waals surface area (Å²) in [7, 11) is 1.62. The van der Waals surface area contributed by atoms with Crippen molar-refractivity contribution in [3.8, 4) is 5.75 Å². The molecule has 0 aliphatic heterocycles. The number of aromatic nitrogens is 2. The van der Waals surface area contributed by atoms with Gasteiger partial charge in [0.25, 0.3) is 5.56 Å². The van der Waals surface area contributed by atoms with Crippen LogP contribution in [-0.4, -0.2) is 17.1 Å². The highest BCUT2D eigenvalue weighted by atomic mass is 16.5. The first-order valence-electron chi connectivity index (χ1n) is 5.16. The number of nitrogens with two attached hydrogens (primary N) is 1. The van der Waals surface area contributed by atoms with Gasteiger partial charge in [-0.25, -0.2) is 4.98 Å². The molecule has 17 heavy (non-hydrogen) atoms. The second-order valence-electron chi connectivity index (χ2n) is 3.64. The van der Waals surface area contributed by atoms with E-state index in [1.807, 2.05) is 24.3 Å². The Morgan fingerprint density at radius 3 is 2.65 bits per heavy atom. The Labute approximate surface area is 98.3 Å². The molecule has 0 unspecified atom stereocenters. The smallest absolute Gasteiger partial charge is 0.252 e. The fourth-order valence-corrected chi connectivity index (χ4v) is 1.55. The molecule has 0 aliphatic carbocycles. The van der Waals surface area contributed by atoms with Gasteiger partial charge in [-0.3, -0.25) is 4.79 Å². The number of aromatic amines is 1. The van der Waals surface area contributed by atoms with E-state index in [9.17, 15) is 4.79 Å². The van der Waals surface area contributed by atoms with Gasteiger partial charge < -0.3 is 15.5 Å². The van der Waals surface area contributed by atoms with E-state index in [4.69, 9.17) is 10.5 Å². The van der Waals surface area contributed by atoms with Gasteiger partial charge in [0.1, 0.15) is 17.4 Å². The van der Waals surface area contributed by atoms with E-state index in [1.54, 1.807) is 7.11 Å². The Kier molecular flexibility index (Phi) is 3.09. The minimum atomic E-state index is -0.235. The molecule has 2 aromatic rings. The Morgan fingerprint density at radius 2 is 2.06 bits per heavy atom. The molecule has 1 aromatic carbocycles. The van der Waals surface area contributed by atoms with Crippen molar-refractivity contribution >= 4 is 5.82 Å². The third kappa shape index (κ3) is 2.84. The molecule has 0 aliphatic rings. The molecule has 5 nitrogen and oxygen atoms in total. The number of benzene rings is 1. The van der Waals surface area contributed by atoms with Gasteiger partial charge >= 0.3 is 0 Å². The lowest BCUT2D eigenvalue weighted by atomic mass is 10.1. The van der Waals surface area contributed by atoms with Crippen LogP contribution >= 0.6 is 0 Å². The van der Waals surface area contributed by atoms with Gasteiger partial charge in [-0.1, -0.05) is 12.1 Å². The Balaban J connectivity index is 2.22. The van der Waals surface area contributed by atoms with Crippen molar-refractivity contribution < 1.29 is 4.74 Å². The molecule has 0 amide bonds. The highest BCUT2D eigenvalue weighted by Gasteiger charge is 2.01. The maximum atomic E-state index is 11.2. The average molecular weight is 231 g/mol. The highest BCUT2D eigenvalue weighted by molar-refractivity contribution is 5.30. The van der Waals surface area contributed by atoms with Gasteiger partial charge in [0.05, 0.1) is 7.11 Å². The quantitative estimate of drug-likeness (QED) is 0.824. The monoisotopic (exact) mass is 231 g/mol. The zero-order valence-electron chi connectivity index (χ0n) is 9.43. The van der Waals surface area contributed by atoms with Crippen LogP contribution in [0.15, 0.2) is 35.1 Å². The number of H-pyrrole nitrogens is 1. The molecule has 0 saturated carbocycles. The first-order valence-corrected chi connectivity index (χ1v) is 5.16. The summed E-state index contributed by atoms with van der Waals surface area (Å²) in [6.45, 7) is 0. The zero-order valence-corrected chi connectivity index (χ0v) is 9.43. The summed E-state index contributed by atoms with van der Waals surface area (Å²) in [5, 5.41) is 0. The Morgan fingerprint density at radius 1 is 1.35 bits per heavy atom. The van der Waals surface area contributed by atoms with Gasteiger partial charge in [0, 0.05) is 12.5 Å². The van der Waals surface area contributed by atoms with E-state index < -0.39 is 0 Å².